The van der Waals surface area contributed by atoms with Crippen LogP contribution in [0.2, 0.25) is 5.02 Å². The van der Waals surface area contributed by atoms with Crippen LogP contribution in [-0.4, -0.2) is 26.1 Å². The molecule has 0 saturated heterocycles. The van der Waals surface area contributed by atoms with E-state index in [2.05, 4.69) is 31.2 Å². The maximum atomic E-state index is 12.1. The summed E-state index contributed by atoms with van der Waals surface area (Å²) in [6.45, 7) is 4.04. The average Bonchev–Trinajstić information content (AvgIpc) is 2.97. The van der Waals surface area contributed by atoms with E-state index in [4.69, 9.17) is 30.8 Å². The fourth-order valence-electron chi connectivity index (χ4n) is 5.40. The number of carbonyl (C=O) groups is 1. The second kappa shape index (κ2) is 10.6. The molecule has 37 heavy (non-hydrogen) atoms. The number of esters is 1. The van der Waals surface area contributed by atoms with Gasteiger partial charge in [0.05, 0.1) is 30.5 Å². The summed E-state index contributed by atoms with van der Waals surface area (Å²) in [6.07, 6.45) is 5.04. The summed E-state index contributed by atoms with van der Waals surface area (Å²) in [4.78, 5) is 17.1. The summed E-state index contributed by atoms with van der Waals surface area (Å²) in [5, 5.41) is 0.647. The lowest BCUT2D eigenvalue weighted by atomic mass is 9.68. The van der Waals surface area contributed by atoms with Gasteiger partial charge in [0, 0.05) is 12.0 Å². The molecule has 5 nitrogen and oxygen atoms in total. The second-order valence-corrected chi connectivity index (χ2v) is 10.3. The number of fused-ring (bicyclic) bond motifs is 3. The fraction of sp³-hybridized carbons (Fsp3) is 0.355. The number of ether oxygens (including phenoxy) is 3. The third kappa shape index (κ3) is 4.97. The smallest absolute Gasteiger partial charge is 0.338 e. The third-order valence-corrected chi connectivity index (χ3v) is 7.90. The summed E-state index contributed by atoms with van der Waals surface area (Å²) in [7, 11) is 3.10. The summed E-state index contributed by atoms with van der Waals surface area (Å²) in [5.74, 6) is 2.61. The Balaban J connectivity index is 1.51. The van der Waals surface area contributed by atoms with E-state index in [-0.39, 0.29) is 5.97 Å². The van der Waals surface area contributed by atoms with E-state index < -0.39 is 0 Å². The third-order valence-electron chi connectivity index (χ3n) is 7.58. The minimum atomic E-state index is -0.381. The first-order valence-corrected chi connectivity index (χ1v) is 13.2. The zero-order valence-corrected chi connectivity index (χ0v) is 22.5. The zero-order valence-electron chi connectivity index (χ0n) is 21.8. The van der Waals surface area contributed by atoms with Gasteiger partial charge in [-0.25, -0.2) is 9.79 Å². The van der Waals surface area contributed by atoms with Crippen molar-refractivity contribution in [3.05, 3.63) is 75.8 Å². The molecule has 192 valence electrons. The highest BCUT2D eigenvalue weighted by atomic mass is 35.5. The fourth-order valence-corrected chi connectivity index (χ4v) is 5.67. The number of benzene rings is 3. The minimum absolute atomic E-state index is 0.381. The molecule has 1 aliphatic heterocycles. The molecule has 0 aromatic heterocycles. The van der Waals surface area contributed by atoms with Gasteiger partial charge in [0.1, 0.15) is 11.5 Å². The number of aryl methyl sites for hydroxylation is 2. The largest absolute Gasteiger partial charge is 0.496 e. The van der Waals surface area contributed by atoms with Crippen LogP contribution in [-0.2, 0) is 11.2 Å². The van der Waals surface area contributed by atoms with Gasteiger partial charge in [-0.3, -0.25) is 0 Å². The molecule has 6 heteroatoms. The molecule has 1 saturated carbocycles. The standard InChI is InChI=1S/C31H32ClNO4/c1-5-6-19-8-9-20(13-29(19)35-3)25-16-26-23-12-10-21(23)14-30(33-28(26)17-27(25)32)37-22-11-7-18(2)24(15-22)31(34)36-4/h7-9,11,13,15-17,21,23H,5-6,10,12,14H2,1-4H3. The first-order chi connectivity index (χ1) is 17.9. The highest BCUT2D eigenvalue weighted by molar-refractivity contribution is 6.33. The Kier molecular flexibility index (Phi) is 7.25. The topological polar surface area (TPSA) is 57.1 Å². The van der Waals surface area contributed by atoms with E-state index in [1.807, 2.05) is 25.1 Å². The summed E-state index contributed by atoms with van der Waals surface area (Å²) in [6, 6.07) is 16.0. The van der Waals surface area contributed by atoms with Crippen LogP contribution in [0.1, 0.15) is 65.6 Å². The minimum Gasteiger partial charge on any atom is -0.496 e. The lowest BCUT2D eigenvalue weighted by Crippen LogP contribution is -2.26. The number of hydrogen-bond donors (Lipinski definition) is 0. The van der Waals surface area contributed by atoms with Crippen LogP contribution in [0.5, 0.6) is 11.5 Å². The van der Waals surface area contributed by atoms with Crippen LogP contribution >= 0.6 is 11.6 Å². The van der Waals surface area contributed by atoms with Gasteiger partial charge in [0.15, 0.2) is 5.90 Å². The van der Waals surface area contributed by atoms with Crippen LogP contribution in [0.15, 0.2) is 53.5 Å². The van der Waals surface area contributed by atoms with Crippen molar-refractivity contribution in [2.45, 2.75) is 51.9 Å². The number of carbonyl (C=O) groups excluding carboxylic acids is 1. The number of rotatable bonds is 6. The number of methoxy groups -OCH3 is 2. The maximum absolute atomic E-state index is 12.1. The number of hydrogen-bond acceptors (Lipinski definition) is 5. The van der Waals surface area contributed by atoms with E-state index in [9.17, 15) is 4.79 Å². The van der Waals surface area contributed by atoms with E-state index >= 15 is 0 Å². The molecule has 0 spiro atoms. The predicted molar refractivity (Wildman–Crippen MR) is 148 cm³/mol. The highest BCUT2D eigenvalue weighted by Gasteiger charge is 2.37. The van der Waals surface area contributed by atoms with Crippen molar-refractivity contribution in [1.29, 1.82) is 0 Å². The van der Waals surface area contributed by atoms with E-state index in [1.54, 1.807) is 13.2 Å². The quantitative estimate of drug-likeness (QED) is 0.310. The molecule has 1 aliphatic carbocycles. The molecule has 5 rings (SSSR count). The Labute approximate surface area is 223 Å². The van der Waals surface area contributed by atoms with Crippen molar-refractivity contribution >= 4 is 29.2 Å². The van der Waals surface area contributed by atoms with Crippen LogP contribution in [0.4, 0.5) is 5.69 Å². The normalized spacial score (nSPS) is 18.0. The van der Waals surface area contributed by atoms with Crippen LogP contribution < -0.4 is 9.47 Å². The van der Waals surface area contributed by atoms with Crippen molar-refractivity contribution in [3.63, 3.8) is 0 Å². The number of aliphatic imine (C=N–C) groups is 1. The SMILES string of the molecule is CCCc1ccc(-c2cc3c(cc2Cl)N=C(Oc2ccc(C)c(C(=O)OC)c2)CC2CCC32)cc1OC. The van der Waals surface area contributed by atoms with Gasteiger partial charge in [0.2, 0.25) is 0 Å². The van der Waals surface area contributed by atoms with Crippen LogP contribution in [0.3, 0.4) is 0 Å². The Bertz CT molecular complexity index is 1380. The summed E-state index contributed by atoms with van der Waals surface area (Å²) >= 11 is 6.84. The second-order valence-electron chi connectivity index (χ2n) is 9.89. The Morgan fingerprint density at radius 1 is 1.08 bits per heavy atom. The van der Waals surface area contributed by atoms with Gasteiger partial charge in [-0.05, 0) is 90.6 Å². The lowest BCUT2D eigenvalue weighted by molar-refractivity contribution is 0.0599. The van der Waals surface area contributed by atoms with E-state index in [0.717, 1.165) is 60.2 Å². The number of halogens is 1. The average molecular weight is 518 g/mol. The van der Waals surface area contributed by atoms with Crippen molar-refractivity contribution in [3.8, 4) is 22.6 Å². The van der Waals surface area contributed by atoms with Crippen molar-refractivity contribution in [2.75, 3.05) is 14.2 Å². The van der Waals surface area contributed by atoms with Crippen molar-refractivity contribution < 1.29 is 19.0 Å². The summed E-state index contributed by atoms with van der Waals surface area (Å²) in [5.41, 5.74) is 6.63. The summed E-state index contributed by atoms with van der Waals surface area (Å²) < 4.78 is 16.8. The molecule has 1 heterocycles. The van der Waals surface area contributed by atoms with Gasteiger partial charge in [-0.1, -0.05) is 43.1 Å². The number of nitrogens with zero attached hydrogens (tertiary/aromatic N) is 1. The molecule has 3 aromatic rings. The van der Waals surface area contributed by atoms with Gasteiger partial charge >= 0.3 is 5.97 Å². The van der Waals surface area contributed by atoms with Crippen molar-refractivity contribution in [2.24, 2.45) is 10.9 Å². The molecule has 3 aromatic carbocycles. The molecule has 2 aliphatic rings. The van der Waals surface area contributed by atoms with Gasteiger partial charge in [0.25, 0.3) is 0 Å². The van der Waals surface area contributed by atoms with Crippen LogP contribution in [0.25, 0.3) is 11.1 Å². The molecule has 2 unspecified atom stereocenters. The Hall–Kier alpha value is -3.31. The molecular formula is C31H32ClNO4. The zero-order chi connectivity index (χ0) is 26.1. The molecule has 0 radical (unpaired) electrons. The molecule has 2 atom stereocenters. The first-order valence-electron chi connectivity index (χ1n) is 12.9. The highest BCUT2D eigenvalue weighted by Crippen LogP contribution is 2.51. The molecule has 0 bridgehead atoms. The molecule has 0 amide bonds. The molecular weight excluding hydrogens is 486 g/mol. The Morgan fingerprint density at radius 2 is 1.92 bits per heavy atom. The Morgan fingerprint density at radius 3 is 2.62 bits per heavy atom. The maximum Gasteiger partial charge on any atom is 0.338 e. The monoisotopic (exact) mass is 517 g/mol. The first kappa shape index (κ1) is 25.3. The predicted octanol–water partition coefficient (Wildman–Crippen LogP) is 8.07. The molecule has 0 N–H and O–H groups in total. The van der Waals surface area contributed by atoms with E-state index in [1.165, 1.54) is 18.2 Å². The van der Waals surface area contributed by atoms with Gasteiger partial charge in [-0.15, -0.1) is 0 Å². The van der Waals surface area contributed by atoms with Gasteiger partial charge in [-0.2, -0.15) is 0 Å². The lowest BCUT2D eigenvalue weighted by Gasteiger charge is -2.36. The molecule has 1 fully saturated rings. The van der Waals surface area contributed by atoms with Crippen LogP contribution in [0, 0.1) is 12.8 Å². The van der Waals surface area contributed by atoms with Crippen molar-refractivity contribution in [1.82, 2.24) is 0 Å². The van der Waals surface area contributed by atoms with E-state index in [0.29, 0.717) is 34.1 Å². The van der Waals surface area contributed by atoms with Gasteiger partial charge < -0.3 is 14.2 Å².